The van der Waals surface area contributed by atoms with Crippen molar-refractivity contribution in [1.29, 1.82) is 0 Å². The van der Waals surface area contributed by atoms with E-state index in [0.29, 0.717) is 24.9 Å². The van der Waals surface area contributed by atoms with Gasteiger partial charge in [0.2, 0.25) is 0 Å². The molecule has 4 unspecified atom stereocenters. The Morgan fingerprint density at radius 1 is 1.38 bits per heavy atom. The number of carbonyl (C=O) groups excluding carboxylic acids is 2. The lowest BCUT2D eigenvalue weighted by Gasteiger charge is -2.60. The monoisotopic (exact) mass is 358 g/mol. The Bertz CT molecular complexity index is 702. The highest BCUT2D eigenvalue weighted by Gasteiger charge is 2.59. The van der Waals surface area contributed by atoms with Gasteiger partial charge in [-0.25, -0.2) is 0 Å². The normalized spacial score (nSPS) is 34.2. The van der Waals surface area contributed by atoms with Crippen molar-refractivity contribution in [1.82, 2.24) is 0 Å². The molecule has 1 aromatic rings. The van der Waals surface area contributed by atoms with Gasteiger partial charge < -0.3 is 9.15 Å². The summed E-state index contributed by atoms with van der Waals surface area (Å²) >= 11 is 0. The first kappa shape index (κ1) is 18.9. The van der Waals surface area contributed by atoms with Crippen LogP contribution in [0.25, 0.3) is 0 Å². The van der Waals surface area contributed by atoms with Crippen LogP contribution in [0.15, 0.2) is 34.7 Å². The molecular weight excluding hydrogens is 328 g/mol. The Balaban J connectivity index is 2.00. The molecule has 3 rings (SSSR count). The van der Waals surface area contributed by atoms with Crippen molar-refractivity contribution in [3.63, 3.8) is 0 Å². The van der Waals surface area contributed by atoms with Crippen LogP contribution < -0.4 is 0 Å². The zero-order chi connectivity index (χ0) is 18.9. The topological polar surface area (TPSA) is 56.5 Å². The van der Waals surface area contributed by atoms with Gasteiger partial charge in [0.25, 0.3) is 0 Å². The van der Waals surface area contributed by atoms with Gasteiger partial charge in [0, 0.05) is 18.8 Å². The van der Waals surface area contributed by atoms with E-state index in [1.54, 1.807) is 12.5 Å². The van der Waals surface area contributed by atoms with Crippen LogP contribution in [-0.4, -0.2) is 18.4 Å². The fraction of sp³-hybridized carbons (Fsp3) is 0.636. The number of ketones is 1. The van der Waals surface area contributed by atoms with E-state index >= 15 is 0 Å². The Morgan fingerprint density at radius 2 is 2.15 bits per heavy atom. The summed E-state index contributed by atoms with van der Waals surface area (Å²) in [6, 6.07) is 1.99. The van der Waals surface area contributed by atoms with Crippen LogP contribution in [0.4, 0.5) is 0 Å². The van der Waals surface area contributed by atoms with Crippen molar-refractivity contribution < 1.29 is 18.7 Å². The van der Waals surface area contributed by atoms with Gasteiger partial charge >= 0.3 is 5.97 Å². The van der Waals surface area contributed by atoms with Crippen LogP contribution in [0.3, 0.4) is 0 Å². The summed E-state index contributed by atoms with van der Waals surface area (Å²) in [4.78, 5) is 24.1. The second-order valence-corrected chi connectivity index (χ2v) is 8.55. The van der Waals surface area contributed by atoms with Crippen LogP contribution in [0.1, 0.15) is 58.9 Å². The van der Waals surface area contributed by atoms with E-state index < -0.39 is 0 Å². The summed E-state index contributed by atoms with van der Waals surface area (Å²) in [7, 11) is 0. The number of esters is 1. The maximum Gasteiger partial charge on any atom is 0.302 e. The summed E-state index contributed by atoms with van der Waals surface area (Å²) in [5.41, 5.74) is 1.93. The van der Waals surface area contributed by atoms with E-state index in [0.717, 1.165) is 31.2 Å². The first-order valence-electron chi connectivity index (χ1n) is 9.64. The summed E-state index contributed by atoms with van der Waals surface area (Å²) < 4.78 is 10.8. The number of hydrogen-bond donors (Lipinski definition) is 0. The molecule has 4 heteroatoms. The van der Waals surface area contributed by atoms with E-state index in [4.69, 9.17) is 9.15 Å². The van der Waals surface area contributed by atoms with E-state index in [1.807, 2.05) is 12.1 Å². The van der Waals surface area contributed by atoms with Gasteiger partial charge in [-0.15, -0.1) is 0 Å². The van der Waals surface area contributed by atoms with E-state index in [9.17, 15) is 9.59 Å². The minimum atomic E-state index is -0.250. The average Bonchev–Trinajstić information content (AvgIpc) is 3.06. The van der Waals surface area contributed by atoms with Crippen molar-refractivity contribution in [3.05, 3.63) is 35.8 Å². The molecular formula is C22H30O4. The van der Waals surface area contributed by atoms with Crippen molar-refractivity contribution in [3.8, 4) is 0 Å². The van der Waals surface area contributed by atoms with Gasteiger partial charge in [-0.05, 0) is 67.6 Å². The highest BCUT2D eigenvalue weighted by atomic mass is 16.5. The number of aryl methyl sites for hydroxylation is 1. The Kier molecular flexibility index (Phi) is 5.14. The molecule has 0 spiro atoms. The van der Waals surface area contributed by atoms with Gasteiger partial charge in [0.05, 0.1) is 19.1 Å². The van der Waals surface area contributed by atoms with Gasteiger partial charge in [-0.2, -0.15) is 0 Å². The van der Waals surface area contributed by atoms with E-state index in [1.165, 1.54) is 12.5 Å². The molecule has 2 aliphatic carbocycles. The van der Waals surface area contributed by atoms with Gasteiger partial charge in [-0.3, -0.25) is 9.59 Å². The molecule has 1 fully saturated rings. The van der Waals surface area contributed by atoms with E-state index in [-0.39, 0.29) is 22.6 Å². The summed E-state index contributed by atoms with van der Waals surface area (Å²) in [5, 5.41) is 0. The Hall–Kier alpha value is -1.84. The summed E-state index contributed by atoms with van der Waals surface area (Å²) in [6.45, 7) is 8.45. The average molecular weight is 358 g/mol. The van der Waals surface area contributed by atoms with Crippen LogP contribution >= 0.6 is 0 Å². The number of rotatable bonds is 5. The Labute approximate surface area is 156 Å². The molecule has 0 amide bonds. The van der Waals surface area contributed by atoms with Crippen molar-refractivity contribution >= 4 is 11.8 Å². The number of ether oxygens (including phenoxy) is 1. The Morgan fingerprint density at radius 3 is 2.81 bits per heavy atom. The third-order valence-corrected chi connectivity index (χ3v) is 7.19. The quantitative estimate of drug-likeness (QED) is 0.714. The lowest BCUT2D eigenvalue weighted by Crippen LogP contribution is -2.57. The highest BCUT2D eigenvalue weighted by Crippen LogP contribution is 2.63. The van der Waals surface area contributed by atoms with Crippen molar-refractivity contribution in [2.24, 2.45) is 22.7 Å². The van der Waals surface area contributed by atoms with Crippen LogP contribution in [0.5, 0.6) is 0 Å². The third-order valence-electron chi connectivity index (χ3n) is 7.19. The molecule has 1 aromatic heterocycles. The van der Waals surface area contributed by atoms with Crippen LogP contribution in [0.2, 0.25) is 0 Å². The lowest BCUT2D eigenvalue weighted by atomic mass is 9.44. The predicted molar refractivity (Wildman–Crippen MR) is 99.5 cm³/mol. The molecule has 0 N–H and O–H groups in total. The first-order chi connectivity index (χ1) is 12.3. The number of allylic oxidation sites excluding steroid dienone is 2. The molecule has 4 atom stereocenters. The van der Waals surface area contributed by atoms with E-state index in [2.05, 4.69) is 20.8 Å². The molecule has 0 aromatic carbocycles. The van der Waals surface area contributed by atoms with Crippen LogP contribution in [-0.2, 0) is 20.7 Å². The minimum Gasteiger partial charge on any atom is -0.472 e. The smallest absolute Gasteiger partial charge is 0.302 e. The number of carbonyl (C=O) groups is 2. The highest BCUT2D eigenvalue weighted by molar-refractivity contribution is 5.92. The maximum atomic E-state index is 12.5. The fourth-order valence-corrected chi connectivity index (χ4v) is 5.66. The first-order valence-corrected chi connectivity index (χ1v) is 9.64. The molecule has 142 valence electrons. The number of hydrogen-bond acceptors (Lipinski definition) is 4. The van der Waals surface area contributed by atoms with Gasteiger partial charge in [0.1, 0.15) is 0 Å². The van der Waals surface area contributed by atoms with Crippen molar-refractivity contribution in [2.75, 3.05) is 6.61 Å². The molecule has 0 aliphatic heterocycles. The summed E-state index contributed by atoms with van der Waals surface area (Å²) in [6.07, 6.45) is 9.77. The SMILES string of the molecule is CC(=O)OCC1(CCc2ccoc2)C(C)CCC2C(C)=CC(=O)CC21C. The molecule has 0 radical (unpaired) electrons. The van der Waals surface area contributed by atoms with Crippen LogP contribution in [0, 0.1) is 22.7 Å². The molecule has 1 heterocycles. The number of furan rings is 1. The summed E-state index contributed by atoms with van der Waals surface area (Å²) in [5.74, 6) is 0.705. The zero-order valence-corrected chi connectivity index (χ0v) is 16.3. The largest absolute Gasteiger partial charge is 0.472 e. The minimum absolute atomic E-state index is 0.195. The third kappa shape index (κ3) is 3.15. The molecule has 4 nitrogen and oxygen atoms in total. The lowest BCUT2D eigenvalue weighted by molar-refractivity contribution is -0.166. The molecule has 0 saturated heterocycles. The zero-order valence-electron chi connectivity index (χ0n) is 16.3. The van der Waals surface area contributed by atoms with Gasteiger partial charge in [0.15, 0.2) is 5.78 Å². The van der Waals surface area contributed by atoms with Gasteiger partial charge in [-0.1, -0.05) is 19.4 Å². The molecule has 26 heavy (non-hydrogen) atoms. The van der Waals surface area contributed by atoms with Crippen molar-refractivity contribution in [2.45, 2.75) is 59.8 Å². The molecule has 2 aliphatic rings. The number of fused-ring (bicyclic) bond motifs is 1. The predicted octanol–water partition coefficient (Wildman–Crippen LogP) is 4.73. The second kappa shape index (κ2) is 7.05. The second-order valence-electron chi connectivity index (χ2n) is 8.55. The standard InChI is InChI=1S/C22H30O4/c1-15-11-19(24)12-21(4)20(15)6-5-16(2)22(21,14-26-17(3)23)9-7-18-8-10-25-13-18/h8,10-11,13,16,20H,5-7,9,12,14H2,1-4H3. The molecule has 0 bridgehead atoms. The fourth-order valence-electron chi connectivity index (χ4n) is 5.66. The maximum absolute atomic E-state index is 12.5. The molecule has 1 saturated carbocycles.